The molecule has 5 heteroatoms. The van der Waals surface area contributed by atoms with Crippen molar-refractivity contribution < 1.29 is 14.3 Å². The van der Waals surface area contributed by atoms with E-state index in [1.165, 1.54) is 0 Å². The second-order valence-corrected chi connectivity index (χ2v) is 6.25. The number of hydrogen-bond acceptors (Lipinski definition) is 3. The van der Waals surface area contributed by atoms with Crippen molar-refractivity contribution in [2.75, 3.05) is 11.1 Å². The Labute approximate surface area is 111 Å². The lowest BCUT2D eigenvalue weighted by molar-refractivity contribution is 0.0692. The largest absolute Gasteiger partial charge is 0.478 e. The Morgan fingerprint density at radius 1 is 1.32 bits per heavy atom. The smallest absolute Gasteiger partial charge is 0.338 e. The minimum absolute atomic E-state index is 0.0847. The third-order valence-electron chi connectivity index (χ3n) is 4.69. The van der Waals surface area contributed by atoms with Crippen LogP contribution in [0.2, 0.25) is 0 Å². The van der Waals surface area contributed by atoms with Crippen LogP contribution < -0.4 is 11.1 Å². The molecule has 1 aromatic rings. The quantitative estimate of drug-likeness (QED) is 0.735. The van der Waals surface area contributed by atoms with Gasteiger partial charge in [-0.1, -0.05) is 27.7 Å². The van der Waals surface area contributed by atoms with Crippen LogP contribution in [0, 0.1) is 16.6 Å². The fraction of sp³-hybridized carbons (Fsp3) is 0.500. The van der Waals surface area contributed by atoms with Crippen LogP contribution in [0.3, 0.4) is 0 Å². The summed E-state index contributed by atoms with van der Waals surface area (Å²) >= 11 is 0. The van der Waals surface area contributed by atoms with Crippen LogP contribution in [0.1, 0.15) is 38.1 Å². The first-order valence-electron chi connectivity index (χ1n) is 6.18. The molecule has 19 heavy (non-hydrogen) atoms. The zero-order valence-electron chi connectivity index (χ0n) is 11.5. The van der Waals surface area contributed by atoms with Gasteiger partial charge in [0.25, 0.3) is 0 Å². The average molecular weight is 266 g/mol. The van der Waals surface area contributed by atoms with Crippen LogP contribution in [-0.4, -0.2) is 17.1 Å². The third-order valence-corrected chi connectivity index (χ3v) is 4.69. The molecule has 4 N–H and O–H groups in total. The van der Waals surface area contributed by atoms with Gasteiger partial charge in [-0.2, -0.15) is 0 Å². The predicted molar refractivity (Wildman–Crippen MR) is 72.7 cm³/mol. The van der Waals surface area contributed by atoms with Gasteiger partial charge >= 0.3 is 5.97 Å². The monoisotopic (exact) mass is 266 g/mol. The molecule has 0 spiro atoms. The van der Waals surface area contributed by atoms with Gasteiger partial charge in [-0.25, -0.2) is 9.18 Å². The van der Waals surface area contributed by atoms with Crippen LogP contribution >= 0.6 is 0 Å². The molecule has 1 aliphatic rings. The van der Waals surface area contributed by atoms with E-state index in [-0.39, 0.29) is 22.6 Å². The number of anilines is 2. The Balaban J connectivity index is 2.29. The van der Waals surface area contributed by atoms with Crippen molar-refractivity contribution in [3.05, 3.63) is 23.5 Å². The molecular weight excluding hydrogens is 247 g/mol. The number of hydrogen-bond donors (Lipinski definition) is 3. The molecule has 4 nitrogen and oxygen atoms in total. The van der Waals surface area contributed by atoms with Crippen molar-refractivity contribution >= 4 is 17.3 Å². The summed E-state index contributed by atoms with van der Waals surface area (Å²) in [6, 6.07) is 2.49. The summed E-state index contributed by atoms with van der Waals surface area (Å²) in [4.78, 5) is 10.8. The van der Waals surface area contributed by atoms with Crippen LogP contribution in [0.25, 0.3) is 0 Å². The number of carboxylic acid groups (broad SMARTS) is 1. The topological polar surface area (TPSA) is 75.3 Å². The lowest BCUT2D eigenvalue weighted by Crippen LogP contribution is -2.13. The first kappa shape index (κ1) is 13.6. The van der Waals surface area contributed by atoms with E-state index in [4.69, 9.17) is 10.8 Å². The maximum absolute atomic E-state index is 13.7. The van der Waals surface area contributed by atoms with E-state index in [1.807, 2.05) is 0 Å². The van der Waals surface area contributed by atoms with E-state index in [0.717, 1.165) is 12.1 Å². The molecule has 0 aliphatic heterocycles. The van der Waals surface area contributed by atoms with Gasteiger partial charge < -0.3 is 16.2 Å². The maximum Gasteiger partial charge on any atom is 0.338 e. The van der Waals surface area contributed by atoms with E-state index in [0.29, 0.717) is 5.69 Å². The van der Waals surface area contributed by atoms with Gasteiger partial charge in [0.1, 0.15) is 5.82 Å². The van der Waals surface area contributed by atoms with Crippen LogP contribution in [0.4, 0.5) is 15.8 Å². The Bertz CT molecular complexity index is 539. The number of halogens is 1. The van der Waals surface area contributed by atoms with Gasteiger partial charge in [0.15, 0.2) is 0 Å². The number of carboxylic acids is 1. The second kappa shape index (κ2) is 3.85. The molecule has 1 aromatic carbocycles. The predicted octanol–water partition coefficient (Wildman–Crippen LogP) is 2.95. The molecule has 0 bridgehead atoms. The fourth-order valence-electron chi connectivity index (χ4n) is 2.59. The molecule has 1 fully saturated rings. The highest BCUT2D eigenvalue weighted by atomic mass is 19.1. The van der Waals surface area contributed by atoms with Gasteiger partial charge in [0, 0.05) is 6.04 Å². The molecule has 0 amide bonds. The second-order valence-electron chi connectivity index (χ2n) is 6.25. The number of carbonyl (C=O) groups is 1. The fourth-order valence-corrected chi connectivity index (χ4v) is 2.59. The molecule has 2 rings (SSSR count). The van der Waals surface area contributed by atoms with Gasteiger partial charge in [-0.15, -0.1) is 0 Å². The summed E-state index contributed by atoms with van der Waals surface area (Å²) in [6.07, 6.45) is 0. The van der Waals surface area contributed by atoms with Crippen LogP contribution in [-0.2, 0) is 0 Å². The van der Waals surface area contributed by atoms with E-state index < -0.39 is 17.3 Å². The highest BCUT2D eigenvalue weighted by Crippen LogP contribution is 2.63. The van der Waals surface area contributed by atoms with Crippen molar-refractivity contribution in [3.63, 3.8) is 0 Å². The lowest BCUT2D eigenvalue weighted by atomic mass is 10.0. The zero-order valence-corrected chi connectivity index (χ0v) is 11.5. The molecule has 1 aliphatic carbocycles. The highest BCUT2D eigenvalue weighted by molar-refractivity contribution is 5.90. The molecule has 0 radical (unpaired) electrons. The van der Waals surface area contributed by atoms with E-state index >= 15 is 0 Å². The van der Waals surface area contributed by atoms with Crippen molar-refractivity contribution in [2.45, 2.75) is 33.7 Å². The molecule has 104 valence electrons. The molecule has 1 saturated carbocycles. The molecule has 0 saturated heterocycles. The molecule has 0 unspecified atom stereocenters. The van der Waals surface area contributed by atoms with Gasteiger partial charge in [0.2, 0.25) is 0 Å². The normalized spacial score (nSPS) is 20.1. The number of aromatic carboxylic acids is 1. The van der Waals surface area contributed by atoms with Crippen molar-refractivity contribution in [1.29, 1.82) is 0 Å². The van der Waals surface area contributed by atoms with Gasteiger partial charge in [0.05, 0.1) is 16.9 Å². The molecular formula is C14H19FN2O2. The number of nitrogen functional groups attached to an aromatic ring is 1. The summed E-state index contributed by atoms with van der Waals surface area (Å²) in [5.41, 5.74) is 6.25. The van der Waals surface area contributed by atoms with E-state index in [1.54, 1.807) is 0 Å². The Morgan fingerprint density at radius 3 is 2.26 bits per heavy atom. The third kappa shape index (κ3) is 1.93. The summed E-state index contributed by atoms with van der Waals surface area (Å²) in [5, 5.41) is 12.0. The highest BCUT2D eigenvalue weighted by Gasteiger charge is 2.65. The van der Waals surface area contributed by atoms with E-state index in [2.05, 4.69) is 33.0 Å². The zero-order chi connectivity index (χ0) is 14.6. The molecule has 0 aromatic heterocycles. The molecule has 0 atom stereocenters. The standard InChI is InChI=1S/C14H19FN2O2/c1-13(2)12(14(13,3)4)17-10-6-8(15)7(11(18)19)5-9(10)16/h5-6,12,17H,16H2,1-4H3,(H,18,19). The van der Waals surface area contributed by atoms with Crippen LogP contribution in [0.5, 0.6) is 0 Å². The summed E-state index contributed by atoms with van der Waals surface area (Å²) in [5.74, 6) is -2.09. The minimum atomic E-state index is -1.32. The molecule has 0 heterocycles. The Morgan fingerprint density at radius 2 is 1.84 bits per heavy atom. The summed E-state index contributed by atoms with van der Waals surface area (Å²) in [6.45, 7) is 8.51. The van der Waals surface area contributed by atoms with Gasteiger partial charge in [-0.05, 0) is 23.0 Å². The summed E-state index contributed by atoms with van der Waals surface area (Å²) in [7, 11) is 0. The van der Waals surface area contributed by atoms with Gasteiger partial charge in [-0.3, -0.25) is 0 Å². The number of rotatable bonds is 3. The van der Waals surface area contributed by atoms with Crippen molar-refractivity contribution in [2.24, 2.45) is 10.8 Å². The van der Waals surface area contributed by atoms with Crippen LogP contribution in [0.15, 0.2) is 12.1 Å². The lowest BCUT2D eigenvalue weighted by Gasteiger charge is -2.12. The van der Waals surface area contributed by atoms with Crippen molar-refractivity contribution in [3.8, 4) is 0 Å². The number of nitrogens with two attached hydrogens (primary N) is 1. The SMILES string of the molecule is CC1(C)C(Nc2cc(F)c(C(=O)O)cc2N)C1(C)C. The summed E-state index contributed by atoms with van der Waals surface area (Å²) < 4.78 is 13.7. The first-order chi connectivity index (χ1) is 8.59. The Kier molecular flexibility index (Phi) is 2.77. The van der Waals surface area contributed by atoms with Crippen molar-refractivity contribution in [1.82, 2.24) is 0 Å². The number of benzene rings is 1. The maximum atomic E-state index is 13.7. The number of nitrogens with one attached hydrogen (secondary N) is 1. The Hall–Kier alpha value is -1.78. The first-order valence-corrected chi connectivity index (χ1v) is 6.18. The van der Waals surface area contributed by atoms with E-state index in [9.17, 15) is 9.18 Å². The average Bonchev–Trinajstić information content (AvgIpc) is 2.65. The minimum Gasteiger partial charge on any atom is -0.478 e.